The Hall–Kier alpha value is -2.82. The molecule has 0 saturated carbocycles. The van der Waals surface area contributed by atoms with Crippen LogP contribution < -0.4 is 0 Å². The highest BCUT2D eigenvalue weighted by atomic mass is 32.2. The first-order valence-electron chi connectivity index (χ1n) is 14.4. The van der Waals surface area contributed by atoms with Crippen LogP contribution in [0.3, 0.4) is 0 Å². The van der Waals surface area contributed by atoms with E-state index in [1.165, 1.54) is 11.1 Å². The molecule has 2 N–H and O–H groups in total. The second-order valence-corrected chi connectivity index (χ2v) is 15.0. The predicted octanol–water partition coefficient (Wildman–Crippen LogP) is 10.6. The highest BCUT2D eigenvalue weighted by Gasteiger charge is 2.21. The summed E-state index contributed by atoms with van der Waals surface area (Å²) in [4.78, 5) is 0. The van der Waals surface area contributed by atoms with Gasteiger partial charge in [0, 0.05) is 33.8 Å². The van der Waals surface area contributed by atoms with Gasteiger partial charge in [-0.25, -0.2) is 0 Å². The van der Waals surface area contributed by atoms with Gasteiger partial charge in [0.1, 0.15) is 11.5 Å². The van der Waals surface area contributed by atoms with Gasteiger partial charge < -0.3 is 10.2 Å². The first-order valence-corrected chi connectivity index (χ1v) is 16.7. The Morgan fingerprint density at radius 2 is 0.902 bits per heavy atom. The number of thioether (sulfide) groups is 2. The SMILES string of the molecule is CC(C)(C)c1cc(CSCCCSCc2cc(C(C)(C)C)cc(-c3ccccc3)c2O)c(O)c(-c2ccccc2)c1. The first-order chi connectivity index (χ1) is 19.4. The third kappa shape index (κ3) is 8.14. The summed E-state index contributed by atoms with van der Waals surface area (Å²) < 4.78 is 0. The molecule has 0 fully saturated rings. The number of phenolic OH excluding ortho intramolecular Hbond substituents is 2. The number of benzene rings is 4. The van der Waals surface area contributed by atoms with Crippen LogP contribution in [0.4, 0.5) is 0 Å². The number of hydrogen-bond donors (Lipinski definition) is 2. The van der Waals surface area contributed by atoms with Gasteiger partial charge >= 0.3 is 0 Å². The summed E-state index contributed by atoms with van der Waals surface area (Å²) >= 11 is 3.75. The van der Waals surface area contributed by atoms with E-state index in [1.807, 2.05) is 59.9 Å². The van der Waals surface area contributed by atoms with Crippen molar-refractivity contribution >= 4 is 23.5 Å². The molecule has 0 spiro atoms. The molecular formula is C37H44O2S2. The van der Waals surface area contributed by atoms with Gasteiger partial charge in [-0.05, 0) is 63.1 Å². The summed E-state index contributed by atoms with van der Waals surface area (Å²) in [5, 5.41) is 22.3. The average Bonchev–Trinajstić information content (AvgIpc) is 2.93. The zero-order valence-electron chi connectivity index (χ0n) is 25.3. The van der Waals surface area contributed by atoms with E-state index in [1.54, 1.807) is 0 Å². The standard InChI is InChI=1S/C37H44O2S2/c1-36(2,3)30-20-28(34(38)32(22-30)26-14-9-7-10-15-26)24-40-18-13-19-41-25-29-21-31(37(4,5)6)23-33(35(29)39)27-16-11-8-12-17-27/h7-12,14-17,20-23,38-39H,13,18-19,24-25H2,1-6H3. The normalized spacial score (nSPS) is 12.0. The lowest BCUT2D eigenvalue weighted by atomic mass is 9.84. The summed E-state index contributed by atoms with van der Waals surface area (Å²) in [6.07, 6.45) is 1.08. The van der Waals surface area contributed by atoms with Gasteiger partial charge in [0.05, 0.1) is 0 Å². The fourth-order valence-electron chi connectivity index (χ4n) is 4.78. The van der Waals surface area contributed by atoms with E-state index in [2.05, 4.69) is 90.1 Å². The molecule has 41 heavy (non-hydrogen) atoms. The second-order valence-electron chi connectivity index (χ2n) is 12.8. The zero-order valence-corrected chi connectivity index (χ0v) is 27.0. The molecule has 0 saturated heterocycles. The minimum Gasteiger partial charge on any atom is -0.507 e. The number of phenols is 2. The van der Waals surface area contributed by atoms with Crippen molar-refractivity contribution < 1.29 is 10.2 Å². The third-order valence-corrected chi connectivity index (χ3v) is 9.56. The first kappa shape index (κ1) is 31.1. The van der Waals surface area contributed by atoms with Crippen LogP contribution in [0, 0.1) is 0 Å². The Kier molecular flexibility index (Phi) is 10.2. The van der Waals surface area contributed by atoms with Crippen molar-refractivity contribution in [2.75, 3.05) is 11.5 Å². The smallest absolute Gasteiger partial charge is 0.127 e. The van der Waals surface area contributed by atoms with Crippen LogP contribution in [0.5, 0.6) is 11.5 Å². The summed E-state index contributed by atoms with van der Waals surface area (Å²) in [7, 11) is 0. The van der Waals surface area contributed by atoms with Gasteiger partial charge in [-0.15, -0.1) is 0 Å². The third-order valence-electron chi connectivity index (χ3n) is 7.37. The molecule has 2 nitrogen and oxygen atoms in total. The van der Waals surface area contributed by atoms with Crippen LogP contribution >= 0.6 is 23.5 Å². The molecule has 4 aromatic carbocycles. The lowest BCUT2D eigenvalue weighted by Crippen LogP contribution is -2.12. The molecule has 4 rings (SSSR count). The lowest BCUT2D eigenvalue weighted by Gasteiger charge is -2.23. The second kappa shape index (κ2) is 13.4. The molecule has 0 aromatic heterocycles. The molecule has 0 aliphatic rings. The fourth-order valence-corrected chi connectivity index (χ4v) is 6.83. The Labute approximate surface area is 255 Å². The molecule has 0 amide bonds. The van der Waals surface area contributed by atoms with Crippen molar-refractivity contribution in [2.45, 2.75) is 70.3 Å². The van der Waals surface area contributed by atoms with Gasteiger partial charge in [0.15, 0.2) is 0 Å². The maximum Gasteiger partial charge on any atom is 0.127 e. The van der Waals surface area contributed by atoms with Gasteiger partial charge in [0.25, 0.3) is 0 Å². The van der Waals surface area contributed by atoms with Crippen LogP contribution in [0.2, 0.25) is 0 Å². The molecule has 0 bridgehead atoms. The maximum absolute atomic E-state index is 11.2. The van der Waals surface area contributed by atoms with E-state index in [0.29, 0.717) is 11.5 Å². The van der Waals surface area contributed by atoms with Crippen molar-refractivity contribution in [1.29, 1.82) is 0 Å². The summed E-state index contributed by atoms with van der Waals surface area (Å²) in [6.45, 7) is 13.3. The average molecular weight is 585 g/mol. The molecule has 0 heterocycles. The Bertz CT molecular complexity index is 1320. The molecule has 0 radical (unpaired) electrons. The van der Waals surface area contributed by atoms with Crippen LogP contribution in [-0.2, 0) is 22.3 Å². The van der Waals surface area contributed by atoms with Gasteiger partial charge in [0.2, 0.25) is 0 Å². The zero-order chi connectivity index (χ0) is 29.6. The van der Waals surface area contributed by atoms with E-state index in [4.69, 9.17) is 0 Å². The quantitative estimate of drug-likeness (QED) is 0.182. The summed E-state index contributed by atoms with van der Waals surface area (Å²) in [5.41, 5.74) is 8.43. The number of aromatic hydroxyl groups is 2. The monoisotopic (exact) mass is 584 g/mol. The highest BCUT2D eigenvalue weighted by Crippen LogP contribution is 2.40. The Morgan fingerprint density at radius 3 is 1.24 bits per heavy atom. The molecule has 0 unspecified atom stereocenters. The Balaban J connectivity index is 1.37. The van der Waals surface area contributed by atoms with Crippen LogP contribution in [0.25, 0.3) is 22.3 Å². The Morgan fingerprint density at radius 1 is 0.537 bits per heavy atom. The minimum atomic E-state index is 0.00349. The minimum absolute atomic E-state index is 0.00349. The van der Waals surface area contributed by atoms with Gasteiger partial charge in [-0.2, -0.15) is 23.5 Å². The van der Waals surface area contributed by atoms with Crippen molar-refractivity contribution in [3.63, 3.8) is 0 Å². The van der Waals surface area contributed by atoms with Crippen molar-refractivity contribution in [3.05, 3.63) is 107 Å². The van der Waals surface area contributed by atoms with E-state index in [0.717, 1.165) is 62.8 Å². The topological polar surface area (TPSA) is 40.5 Å². The summed E-state index contributed by atoms with van der Waals surface area (Å²) in [5.74, 6) is 4.42. The summed E-state index contributed by atoms with van der Waals surface area (Å²) in [6, 6.07) is 29.0. The lowest BCUT2D eigenvalue weighted by molar-refractivity contribution is 0.471. The van der Waals surface area contributed by atoms with E-state index >= 15 is 0 Å². The molecule has 216 valence electrons. The maximum atomic E-state index is 11.2. The number of rotatable bonds is 10. The van der Waals surface area contributed by atoms with Gasteiger partial charge in [-0.3, -0.25) is 0 Å². The van der Waals surface area contributed by atoms with E-state index < -0.39 is 0 Å². The van der Waals surface area contributed by atoms with Crippen LogP contribution in [-0.4, -0.2) is 21.7 Å². The van der Waals surface area contributed by atoms with Crippen molar-refractivity contribution in [2.24, 2.45) is 0 Å². The molecular weight excluding hydrogens is 541 g/mol. The highest BCUT2D eigenvalue weighted by molar-refractivity contribution is 7.99. The molecule has 0 aliphatic heterocycles. The molecule has 4 heteroatoms. The largest absolute Gasteiger partial charge is 0.507 e. The van der Waals surface area contributed by atoms with Crippen molar-refractivity contribution in [3.8, 4) is 33.8 Å². The van der Waals surface area contributed by atoms with Crippen LogP contribution in [0.15, 0.2) is 84.9 Å². The molecule has 0 atom stereocenters. The van der Waals surface area contributed by atoms with E-state index in [9.17, 15) is 10.2 Å². The molecule has 4 aromatic rings. The molecule has 0 aliphatic carbocycles. The fraction of sp³-hybridized carbons (Fsp3) is 0.351. The number of hydrogen-bond acceptors (Lipinski definition) is 4. The van der Waals surface area contributed by atoms with Crippen molar-refractivity contribution in [1.82, 2.24) is 0 Å². The van der Waals surface area contributed by atoms with E-state index in [-0.39, 0.29) is 10.8 Å². The van der Waals surface area contributed by atoms with Gasteiger partial charge in [-0.1, -0.05) is 114 Å². The van der Waals surface area contributed by atoms with Crippen LogP contribution in [0.1, 0.15) is 70.2 Å². The predicted molar refractivity (Wildman–Crippen MR) is 181 cm³/mol.